The fourth-order valence-electron chi connectivity index (χ4n) is 4.89. The maximum Gasteiger partial charge on any atom is 0.355 e. The first-order valence-corrected chi connectivity index (χ1v) is 13.8. The summed E-state index contributed by atoms with van der Waals surface area (Å²) in [5, 5.41) is 3.83. The first kappa shape index (κ1) is 31.9. The molecule has 0 aromatic heterocycles. The maximum atomic E-state index is 13.7. The smallest absolute Gasteiger partial charge is 0.355 e. The Balaban J connectivity index is 1.74. The molecule has 2 aromatic carbocycles. The van der Waals surface area contributed by atoms with Crippen molar-refractivity contribution in [1.82, 2.24) is 15.2 Å². The molecule has 1 heterocycles. The maximum absolute atomic E-state index is 13.7. The molecule has 1 unspecified atom stereocenters. The van der Waals surface area contributed by atoms with Gasteiger partial charge in [0.15, 0.2) is 0 Å². The van der Waals surface area contributed by atoms with E-state index in [1.807, 2.05) is 54.6 Å². The van der Waals surface area contributed by atoms with Gasteiger partial charge < -0.3 is 31.4 Å². The summed E-state index contributed by atoms with van der Waals surface area (Å²) in [5.41, 5.74) is 14.4. The van der Waals surface area contributed by atoms with E-state index in [1.54, 1.807) is 19.9 Å². The van der Waals surface area contributed by atoms with E-state index >= 15 is 0 Å². The molecule has 0 spiro atoms. The van der Waals surface area contributed by atoms with Gasteiger partial charge in [-0.25, -0.2) is 10.6 Å². The van der Waals surface area contributed by atoms with Crippen LogP contribution in [-0.2, 0) is 23.9 Å². The zero-order valence-electron chi connectivity index (χ0n) is 24.4. The van der Waals surface area contributed by atoms with Gasteiger partial charge in [-0.05, 0) is 42.4 Å². The third-order valence-electron chi connectivity index (χ3n) is 7.31. The van der Waals surface area contributed by atoms with Crippen LogP contribution < -0.4 is 22.6 Å². The SMILES string of the molecule is COC(=O)/C(N)=C(\C)N(N)[C@H](C(=O)N1CCC[C@H]1C(=O)NC(/C=C/c1ccc(-c2ccccc2)cc1)C(N)=O)C(C)C. The van der Waals surface area contributed by atoms with Crippen LogP contribution >= 0.6 is 0 Å². The second-order valence-electron chi connectivity index (χ2n) is 10.5. The molecule has 2 aromatic rings. The van der Waals surface area contributed by atoms with Gasteiger partial charge in [-0.1, -0.05) is 80.6 Å². The summed E-state index contributed by atoms with van der Waals surface area (Å²) in [6, 6.07) is 14.9. The minimum Gasteiger partial charge on any atom is -0.464 e. The van der Waals surface area contributed by atoms with Crippen LogP contribution in [0, 0.1) is 5.92 Å². The number of benzene rings is 2. The summed E-state index contributed by atoms with van der Waals surface area (Å²) in [7, 11) is 1.19. The topological polar surface area (TPSA) is 174 Å². The summed E-state index contributed by atoms with van der Waals surface area (Å²) in [4.78, 5) is 52.6. The van der Waals surface area contributed by atoms with Crippen LogP contribution in [0.2, 0.25) is 0 Å². The molecule has 1 saturated heterocycles. The largest absolute Gasteiger partial charge is 0.464 e. The highest BCUT2D eigenvalue weighted by Gasteiger charge is 2.41. The molecule has 224 valence electrons. The van der Waals surface area contributed by atoms with Crippen molar-refractivity contribution >= 4 is 29.8 Å². The van der Waals surface area contributed by atoms with Crippen molar-refractivity contribution in [3.05, 3.63) is 77.6 Å². The number of hydrogen-bond acceptors (Lipinski definition) is 8. The van der Waals surface area contributed by atoms with Crippen LogP contribution in [0.15, 0.2) is 72.1 Å². The number of primary amides is 1. The second kappa shape index (κ2) is 14.3. The van der Waals surface area contributed by atoms with Crippen molar-refractivity contribution in [3.63, 3.8) is 0 Å². The number of nitrogens with two attached hydrogens (primary N) is 3. The average Bonchev–Trinajstić information content (AvgIpc) is 3.48. The molecule has 3 atom stereocenters. The monoisotopic (exact) mass is 576 g/mol. The number of amides is 3. The summed E-state index contributed by atoms with van der Waals surface area (Å²) in [6.07, 6.45) is 4.23. The fourth-order valence-corrected chi connectivity index (χ4v) is 4.89. The Morgan fingerprint density at radius 1 is 1.02 bits per heavy atom. The Labute approximate surface area is 246 Å². The lowest BCUT2D eigenvalue weighted by atomic mass is 10.0. The fraction of sp³-hybridized carbons (Fsp3) is 0.355. The van der Waals surface area contributed by atoms with E-state index in [9.17, 15) is 19.2 Å². The molecule has 42 heavy (non-hydrogen) atoms. The van der Waals surface area contributed by atoms with Gasteiger partial charge in [-0.15, -0.1) is 0 Å². The Morgan fingerprint density at radius 2 is 1.64 bits per heavy atom. The van der Waals surface area contributed by atoms with Crippen molar-refractivity contribution < 1.29 is 23.9 Å². The van der Waals surface area contributed by atoms with E-state index in [1.165, 1.54) is 25.0 Å². The van der Waals surface area contributed by atoms with Crippen LogP contribution in [0.1, 0.15) is 39.2 Å². The number of likely N-dealkylation sites (tertiary alicyclic amines) is 1. The minimum atomic E-state index is -1.08. The van der Waals surface area contributed by atoms with Crippen LogP contribution in [-0.4, -0.2) is 65.4 Å². The third kappa shape index (κ3) is 7.55. The Morgan fingerprint density at radius 3 is 2.21 bits per heavy atom. The molecular weight excluding hydrogens is 536 g/mol. The number of nitrogens with one attached hydrogen (secondary N) is 1. The molecule has 11 heteroatoms. The number of esters is 1. The second-order valence-corrected chi connectivity index (χ2v) is 10.5. The van der Waals surface area contributed by atoms with Gasteiger partial charge in [0.05, 0.1) is 12.8 Å². The summed E-state index contributed by atoms with van der Waals surface area (Å²) < 4.78 is 4.66. The number of carbonyl (C=O) groups excluding carboxylic acids is 4. The molecule has 1 aliphatic heterocycles. The predicted molar refractivity (Wildman–Crippen MR) is 160 cm³/mol. The van der Waals surface area contributed by atoms with Crippen molar-refractivity contribution in [2.24, 2.45) is 23.2 Å². The summed E-state index contributed by atoms with van der Waals surface area (Å²) in [6.45, 7) is 5.45. The number of nitrogens with zero attached hydrogens (tertiary/aromatic N) is 2. The molecule has 3 rings (SSSR count). The highest BCUT2D eigenvalue weighted by Crippen LogP contribution is 2.24. The summed E-state index contributed by atoms with van der Waals surface area (Å²) >= 11 is 0. The summed E-state index contributed by atoms with van der Waals surface area (Å²) in [5.74, 6) is 3.59. The van der Waals surface area contributed by atoms with Gasteiger partial charge in [-0.2, -0.15) is 0 Å². The molecule has 1 aliphatic rings. The lowest BCUT2D eigenvalue weighted by Crippen LogP contribution is -2.58. The first-order chi connectivity index (χ1) is 20.0. The number of methoxy groups -OCH3 is 1. The van der Waals surface area contributed by atoms with Gasteiger partial charge in [0.1, 0.15) is 23.8 Å². The predicted octanol–water partition coefficient (Wildman–Crippen LogP) is 1.89. The van der Waals surface area contributed by atoms with Crippen molar-refractivity contribution in [2.45, 2.75) is 51.7 Å². The average molecular weight is 577 g/mol. The number of hydrazine groups is 1. The molecule has 0 radical (unpaired) electrons. The highest BCUT2D eigenvalue weighted by molar-refractivity contribution is 5.94. The highest BCUT2D eigenvalue weighted by atomic mass is 16.5. The van der Waals surface area contributed by atoms with Crippen LogP contribution in [0.4, 0.5) is 0 Å². The number of ether oxygens (including phenoxy) is 1. The standard InChI is InChI=1S/C31H40N6O5/c1-19(2)27(37(34)20(3)26(32)31(41)42-4)30(40)36-18-8-11-25(36)29(39)35-24(28(33)38)17-14-21-12-15-23(16-13-21)22-9-6-5-7-10-22/h5-7,9-10,12-17,19,24-25,27H,8,11,18,32,34H2,1-4H3,(H2,33,38)(H,35,39)/b17-14+,26-20-/t24?,25-,27-/m0/s1. The van der Waals surface area contributed by atoms with E-state index in [0.717, 1.165) is 21.7 Å². The third-order valence-corrected chi connectivity index (χ3v) is 7.31. The lowest BCUT2D eigenvalue weighted by molar-refractivity contribution is -0.144. The van der Waals surface area contributed by atoms with E-state index in [2.05, 4.69) is 10.1 Å². The van der Waals surface area contributed by atoms with Gasteiger partial charge in [0.25, 0.3) is 0 Å². The molecule has 0 aliphatic carbocycles. The van der Waals surface area contributed by atoms with Crippen molar-refractivity contribution in [2.75, 3.05) is 13.7 Å². The molecule has 0 saturated carbocycles. The van der Waals surface area contributed by atoms with E-state index in [4.69, 9.17) is 17.3 Å². The van der Waals surface area contributed by atoms with E-state index in [0.29, 0.717) is 19.4 Å². The Hall–Kier alpha value is -4.64. The molecule has 7 N–H and O–H groups in total. The number of rotatable bonds is 11. The van der Waals surface area contributed by atoms with Gasteiger partial charge in [-0.3, -0.25) is 14.4 Å². The Kier molecular flexibility index (Phi) is 10.9. The van der Waals surface area contributed by atoms with Crippen LogP contribution in [0.25, 0.3) is 17.2 Å². The molecule has 3 amide bonds. The number of hydrogen-bond donors (Lipinski definition) is 4. The van der Waals surface area contributed by atoms with Crippen LogP contribution in [0.3, 0.4) is 0 Å². The quantitative estimate of drug-likeness (QED) is 0.136. The van der Waals surface area contributed by atoms with Gasteiger partial charge in [0, 0.05) is 6.54 Å². The van der Waals surface area contributed by atoms with Crippen LogP contribution in [0.5, 0.6) is 0 Å². The van der Waals surface area contributed by atoms with Gasteiger partial charge >= 0.3 is 5.97 Å². The lowest BCUT2D eigenvalue weighted by Gasteiger charge is -2.36. The zero-order valence-corrected chi connectivity index (χ0v) is 24.4. The first-order valence-electron chi connectivity index (χ1n) is 13.8. The van der Waals surface area contributed by atoms with Crippen molar-refractivity contribution in [1.29, 1.82) is 0 Å². The molecule has 11 nitrogen and oxygen atoms in total. The normalized spacial score (nSPS) is 17.0. The van der Waals surface area contributed by atoms with Crippen molar-refractivity contribution in [3.8, 4) is 11.1 Å². The Bertz CT molecular complexity index is 1340. The van der Waals surface area contributed by atoms with Gasteiger partial charge in [0.2, 0.25) is 17.7 Å². The number of allylic oxidation sites excluding steroid dienone is 1. The van der Waals surface area contributed by atoms with E-state index in [-0.39, 0.29) is 17.3 Å². The minimum absolute atomic E-state index is 0.171. The molecule has 1 fully saturated rings. The van der Waals surface area contributed by atoms with E-state index < -0.39 is 41.8 Å². The zero-order chi connectivity index (χ0) is 31.0. The number of carbonyl (C=O) groups is 4. The molecule has 0 bridgehead atoms. The molecular formula is C31H40N6O5.